The summed E-state index contributed by atoms with van der Waals surface area (Å²) in [5, 5.41) is 14.9. The Labute approximate surface area is 203 Å². The molecule has 1 amide bonds. The number of amides is 1. The highest BCUT2D eigenvalue weighted by Crippen LogP contribution is 2.31. The van der Waals surface area contributed by atoms with Crippen LogP contribution in [0.4, 0.5) is 0 Å². The molecule has 4 rings (SSSR count). The minimum absolute atomic E-state index is 0.0950. The lowest BCUT2D eigenvalue weighted by Crippen LogP contribution is -2.41. The van der Waals surface area contributed by atoms with E-state index in [0.717, 1.165) is 45.6 Å². The van der Waals surface area contributed by atoms with Crippen molar-refractivity contribution in [2.75, 3.05) is 0 Å². The summed E-state index contributed by atoms with van der Waals surface area (Å²) in [6, 6.07) is 22.0. The van der Waals surface area contributed by atoms with Crippen molar-refractivity contribution < 1.29 is 9.53 Å². The number of carbonyl (C=O) groups is 1. The monoisotopic (exact) mass is 502 g/mol. The van der Waals surface area contributed by atoms with Gasteiger partial charge in [-0.2, -0.15) is 5.26 Å². The zero-order valence-corrected chi connectivity index (χ0v) is 20.3. The third kappa shape index (κ3) is 5.64. The van der Waals surface area contributed by atoms with Gasteiger partial charge >= 0.3 is 0 Å². The first-order chi connectivity index (χ1) is 16.0. The minimum atomic E-state index is -0.317. The Morgan fingerprint density at radius 3 is 2.64 bits per heavy atom. The molecule has 3 aromatic rings. The summed E-state index contributed by atoms with van der Waals surface area (Å²) in [5.41, 5.74) is 1.87. The molecule has 0 spiro atoms. The largest absolute Gasteiger partial charge is 0.488 e. The Kier molecular flexibility index (Phi) is 7.47. The third-order valence-corrected chi connectivity index (χ3v) is 6.85. The number of hydrogen-bond donors (Lipinski definition) is 1. The molecule has 33 heavy (non-hydrogen) atoms. The van der Waals surface area contributed by atoms with Gasteiger partial charge in [-0.15, -0.1) is 0 Å². The van der Waals surface area contributed by atoms with Gasteiger partial charge in [0.15, 0.2) is 0 Å². The molecule has 0 aromatic heterocycles. The Morgan fingerprint density at radius 2 is 1.88 bits per heavy atom. The molecule has 1 N–H and O–H groups in total. The molecule has 0 unspecified atom stereocenters. The highest BCUT2D eigenvalue weighted by atomic mass is 79.9. The first-order valence-corrected chi connectivity index (χ1v) is 12.2. The van der Waals surface area contributed by atoms with Crippen LogP contribution in [0.3, 0.4) is 0 Å². The molecule has 2 atom stereocenters. The molecule has 1 aliphatic carbocycles. The maximum absolute atomic E-state index is 13.0. The van der Waals surface area contributed by atoms with Gasteiger partial charge in [0.1, 0.15) is 24.0 Å². The highest BCUT2D eigenvalue weighted by Gasteiger charge is 2.24. The SMILES string of the molecule is C[C@@H]1CCCC[C@H]1NC(=O)/C(C#N)=C/c1c(OCc2ccc(Br)cc2)ccc2ccccc12. The minimum Gasteiger partial charge on any atom is -0.488 e. The number of ether oxygens (including phenoxy) is 1. The van der Waals surface area contributed by atoms with Gasteiger partial charge in [0.05, 0.1) is 0 Å². The fourth-order valence-corrected chi connectivity index (χ4v) is 4.63. The summed E-state index contributed by atoms with van der Waals surface area (Å²) in [6.07, 6.45) is 6.04. The number of carbonyl (C=O) groups excluding carboxylic acids is 1. The second-order valence-electron chi connectivity index (χ2n) is 8.63. The number of rotatable bonds is 6. The highest BCUT2D eigenvalue weighted by molar-refractivity contribution is 9.10. The van der Waals surface area contributed by atoms with Crippen molar-refractivity contribution in [1.29, 1.82) is 5.26 Å². The van der Waals surface area contributed by atoms with Crippen LogP contribution >= 0.6 is 15.9 Å². The van der Waals surface area contributed by atoms with Gasteiger partial charge in [0.2, 0.25) is 0 Å². The fourth-order valence-electron chi connectivity index (χ4n) is 4.36. The lowest BCUT2D eigenvalue weighted by Gasteiger charge is -2.29. The molecule has 0 heterocycles. The first-order valence-electron chi connectivity index (χ1n) is 11.4. The van der Waals surface area contributed by atoms with E-state index in [2.05, 4.69) is 34.2 Å². The zero-order chi connectivity index (χ0) is 23.2. The molecule has 1 aliphatic rings. The number of benzene rings is 3. The average Bonchev–Trinajstić information content (AvgIpc) is 2.84. The van der Waals surface area contributed by atoms with E-state index in [9.17, 15) is 10.1 Å². The van der Waals surface area contributed by atoms with Crippen LogP contribution in [-0.2, 0) is 11.4 Å². The number of nitriles is 1. The average molecular weight is 503 g/mol. The second kappa shape index (κ2) is 10.7. The van der Waals surface area contributed by atoms with Crippen molar-refractivity contribution in [2.24, 2.45) is 5.92 Å². The van der Waals surface area contributed by atoms with Gasteiger partial charge in [0.25, 0.3) is 5.91 Å². The predicted octanol–water partition coefficient (Wildman–Crippen LogP) is 6.78. The van der Waals surface area contributed by atoms with Crippen LogP contribution in [-0.4, -0.2) is 11.9 Å². The summed E-state index contributed by atoms with van der Waals surface area (Å²) < 4.78 is 7.17. The fraction of sp³-hybridized carbons (Fsp3) is 0.286. The van der Waals surface area contributed by atoms with E-state index in [1.54, 1.807) is 6.08 Å². The standard InChI is InChI=1S/C28H27BrN2O2/c1-19-6-2-5-9-26(19)31-28(32)22(17-30)16-25-24-8-4-3-7-21(24)12-15-27(25)33-18-20-10-13-23(29)14-11-20/h3-4,7-8,10-16,19,26H,2,5-6,9,18H2,1H3,(H,31,32)/b22-16+/t19-,26-/m1/s1. The van der Waals surface area contributed by atoms with Gasteiger partial charge in [-0.25, -0.2) is 0 Å². The van der Waals surface area contributed by atoms with E-state index >= 15 is 0 Å². The Bertz CT molecular complexity index is 1210. The van der Waals surface area contributed by atoms with E-state index in [1.165, 1.54) is 6.42 Å². The molecular formula is C28H27BrN2O2. The lowest BCUT2D eigenvalue weighted by atomic mass is 9.86. The lowest BCUT2D eigenvalue weighted by molar-refractivity contribution is -0.118. The summed E-state index contributed by atoms with van der Waals surface area (Å²) in [7, 11) is 0. The third-order valence-electron chi connectivity index (χ3n) is 6.32. The van der Waals surface area contributed by atoms with Crippen molar-refractivity contribution in [2.45, 2.75) is 45.3 Å². The number of fused-ring (bicyclic) bond motifs is 1. The van der Waals surface area contributed by atoms with Crippen molar-refractivity contribution in [3.63, 3.8) is 0 Å². The van der Waals surface area contributed by atoms with E-state index in [1.807, 2.05) is 60.7 Å². The molecule has 1 saturated carbocycles. The second-order valence-corrected chi connectivity index (χ2v) is 9.54. The smallest absolute Gasteiger partial charge is 0.262 e. The molecule has 0 aliphatic heterocycles. The molecule has 168 valence electrons. The Hall–Kier alpha value is -3.10. The number of nitrogens with zero attached hydrogens (tertiary/aromatic N) is 1. The molecular weight excluding hydrogens is 476 g/mol. The quantitative estimate of drug-likeness (QED) is 0.298. The Balaban J connectivity index is 1.65. The van der Waals surface area contributed by atoms with Crippen LogP contribution in [0.1, 0.15) is 43.7 Å². The van der Waals surface area contributed by atoms with Crippen LogP contribution in [0.5, 0.6) is 5.75 Å². The molecule has 1 fully saturated rings. The van der Waals surface area contributed by atoms with Crippen LogP contribution < -0.4 is 10.1 Å². The van der Waals surface area contributed by atoms with Crippen LogP contribution in [0.2, 0.25) is 0 Å². The number of hydrogen-bond acceptors (Lipinski definition) is 3. The summed E-state index contributed by atoms with van der Waals surface area (Å²) in [5.74, 6) is 0.747. The maximum atomic E-state index is 13.0. The summed E-state index contributed by atoms with van der Waals surface area (Å²) >= 11 is 3.45. The zero-order valence-electron chi connectivity index (χ0n) is 18.7. The van der Waals surface area contributed by atoms with Crippen molar-refractivity contribution in [3.05, 3.63) is 81.8 Å². The van der Waals surface area contributed by atoms with Gasteiger partial charge in [0, 0.05) is 16.1 Å². The first kappa shape index (κ1) is 23.1. The van der Waals surface area contributed by atoms with Gasteiger partial charge < -0.3 is 10.1 Å². The maximum Gasteiger partial charge on any atom is 0.262 e. The Morgan fingerprint density at radius 1 is 1.12 bits per heavy atom. The molecule has 0 radical (unpaired) electrons. The van der Waals surface area contributed by atoms with Gasteiger partial charge in [-0.05, 0) is 59.4 Å². The van der Waals surface area contributed by atoms with Crippen LogP contribution in [0, 0.1) is 17.2 Å². The summed E-state index contributed by atoms with van der Waals surface area (Å²) in [6.45, 7) is 2.55. The van der Waals surface area contributed by atoms with Crippen molar-refractivity contribution in [1.82, 2.24) is 5.32 Å². The van der Waals surface area contributed by atoms with E-state index in [-0.39, 0.29) is 17.5 Å². The van der Waals surface area contributed by atoms with Gasteiger partial charge in [-0.1, -0.05) is 78.2 Å². The van der Waals surface area contributed by atoms with Gasteiger partial charge in [-0.3, -0.25) is 4.79 Å². The van der Waals surface area contributed by atoms with E-state index < -0.39 is 0 Å². The van der Waals surface area contributed by atoms with Crippen LogP contribution in [0.15, 0.2) is 70.7 Å². The molecule has 3 aromatic carbocycles. The number of halogens is 1. The predicted molar refractivity (Wildman–Crippen MR) is 136 cm³/mol. The van der Waals surface area contributed by atoms with E-state index in [4.69, 9.17) is 4.74 Å². The molecule has 5 heteroatoms. The normalized spacial score (nSPS) is 18.5. The molecule has 0 bridgehead atoms. The van der Waals surface area contributed by atoms with Crippen molar-refractivity contribution >= 4 is 38.7 Å². The van der Waals surface area contributed by atoms with Crippen molar-refractivity contribution in [3.8, 4) is 11.8 Å². The summed E-state index contributed by atoms with van der Waals surface area (Å²) in [4.78, 5) is 13.0. The molecule has 0 saturated heterocycles. The molecule has 4 nitrogen and oxygen atoms in total. The topological polar surface area (TPSA) is 62.1 Å². The van der Waals surface area contributed by atoms with E-state index in [0.29, 0.717) is 18.3 Å². The number of nitrogens with one attached hydrogen (secondary N) is 1. The van der Waals surface area contributed by atoms with Crippen LogP contribution in [0.25, 0.3) is 16.8 Å².